The minimum Gasteiger partial charge on any atom is -0.494 e. The second-order valence-electron chi connectivity index (χ2n) is 4.30. The van der Waals surface area contributed by atoms with E-state index in [0.29, 0.717) is 17.1 Å². The molecule has 20 heavy (non-hydrogen) atoms. The van der Waals surface area contributed by atoms with Gasteiger partial charge >= 0.3 is 6.18 Å². The molecule has 0 aliphatic rings. The fraction of sp³-hybridized carbons (Fsp3) is 0.417. The Morgan fingerprint density at radius 3 is 2.65 bits per heavy atom. The van der Waals surface area contributed by atoms with E-state index in [9.17, 15) is 18.0 Å². The van der Waals surface area contributed by atoms with Crippen molar-refractivity contribution in [2.75, 3.05) is 38.3 Å². The SMILES string of the molecule is COc1cc(N)ccc1NC(=O)CN(C)CC(F)(F)F. The van der Waals surface area contributed by atoms with Crippen LogP contribution in [0.5, 0.6) is 5.75 Å². The molecular weight excluding hydrogens is 275 g/mol. The number of hydrogen-bond acceptors (Lipinski definition) is 4. The van der Waals surface area contributed by atoms with Crippen LogP contribution >= 0.6 is 0 Å². The zero-order valence-electron chi connectivity index (χ0n) is 11.1. The maximum Gasteiger partial charge on any atom is 0.401 e. The smallest absolute Gasteiger partial charge is 0.401 e. The first kappa shape index (κ1) is 16.1. The maximum atomic E-state index is 12.1. The number of nitrogens with two attached hydrogens (primary N) is 1. The number of methoxy groups -OCH3 is 1. The van der Waals surface area contributed by atoms with Crippen LogP contribution in [0, 0.1) is 0 Å². The Labute approximate surface area is 114 Å². The molecule has 1 aromatic carbocycles. The van der Waals surface area contributed by atoms with Crippen LogP contribution in [0.1, 0.15) is 0 Å². The molecule has 3 N–H and O–H groups in total. The van der Waals surface area contributed by atoms with Crippen LogP contribution < -0.4 is 15.8 Å². The van der Waals surface area contributed by atoms with Gasteiger partial charge in [0, 0.05) is 11.8 Å². The zero-order chi connectivity index (χ0) is 15.3. The predicted octanol–water partition coefficient (Wildman–Crippen LogP) is 1.71. The number of nitrogens with zero attached hydrogens (tertiary/aromatic N) is 1. The molecule has 5 nitrogen and oxygen atoms in total. The highest BCUT2D eigenvalue weighted by atomic mass is 19.4. The quantitative estimate of drug-likeness (QED) is 0.810. The molecule has 0 aromatic heterocycles. The Kier molecular flexibility index (Phi) is 5.20. The molecular formula is C12H16F3N3O2. The Balaban J connectivity index is 2.63. The molecule has 1 aromatic rings. The summed E-state index contributed by atoms with van der Waals surface area (Å²) in [6.07, 6.45) is -4.34. The Morgan fingerprint density at radius 1 is 1.45 bits per heavy atom. The average molecular weight is 291 g/mol. The minimum absolute atomic E-state index is 0.344. The van der Waals surface area contributed by atoms with Crippen LogP contribution in [0.15, 0.2) is 18.2 Å². The first-order chi connectivity index (χ1) is 9.21. The van der Waals surface area contributed by atoms with Crippen molar-refractivity contribution in [1.29, 1.82) is 0 Å². The van der Waals surface area contributed by atoms with Crippen molar-refractivity contribution in [1.82, 2.24) is 4.90 Å². The predicted molar refractivity (Wildman–Crippen MR) is 69.6 cm³/mol. The van der Waals surface area contributed by atoms with E-state index in [-0.39, 0.29) is 6.54 Å². The van der Waals surface area contributed by atoms with E-state index in [4.69, 9.17) is 10.5 Å². The van der Waals surface area contributed by atoms with Gasteiger partial charge in [-0.25, -0.2) is 0 Å². The number of carbonyl (C=O) groups excluding carboxylic acids is 1. The fourth-order valence-electron chi connectivity index (χ4n) is 1.61. The van der Waals surface area contributed by atoms with Crippen molar-refractivity contribution in [3.8, 4) is 5.75 Å². The van der Waals surface area contributed by atoms with Gasteiger partial charge in [-0.2, -0.15) is 13.2 Å². The number of ether oxygens (including phenoxy) is 1. The Hall–Kier alpha value is -1.96. The molecule has 0 aliphatic heterocycles. The summed E-state index contributed by atoms with van der Waals surface area (Å²) in [7, 11) is 2.62. The normalized spacial score (nSPS) is 11.5. The fourth-order valence-corrected chi connectivity index (χ4v) is 1.61. The molecule has 0 spiro atoms. The van der Waals surface area contributed by atoms with Crippen molar-refractivity contribution in [3.63, 3.8) is 0 Å². The lowest BCUT2D eigenvalue weighted by Gasteiger charge is -2.18. The number of anilines is 2. The van der Waals surface area contributed by atoms with E-state index >= 15 is 0 Å². The van der Waals surface area contributed by atoms with Gasteiger partial charge in [0.05, 0.1) is 25.9 Å². The Bertz CT molecular complexity index is 478. The molecule has 1 amide bonds. The molecule has 1 rings (SSSR count). The van der Waals surface area contributed by atoms with E-state index < -0.39 is 18.6 Å². The van der Waals surface area contributed by atoms with Crippen LogP contribution in [-0.4, -0.2) is 44.2 Å². The van der Waals surface area contributed by atoms with Gasteiger partial charge in [0.1, 0.15) is 5.75 Å². The van der Waals surface area contributed by atoms with Crippen molar-refractivity contribution >= 4 is 17.3 Å². The van der Waals surface area contributed by atoms with Crippen molar-refractivity contribution in [2.45, 2.75) is 6.18 Å². The lowest BCUT2D eigenvalue weighted by Crippen LogP contribution is -2.36. The number of rotatable bonds is 5. The molecule has 0 unspecified atom stereocenters. The number of nitrogen functional groups attached to an aromatic ring is 1. The van der Waals surface area contributed by atoms with E-state index in [0.717, 1.165) is 4.90 Å². The van der Waals surface area contributed by atoms with Crippen LogP contribution in [0.2, 0.25) is 0 Å². The monoisotopic (exact) mass is 291 g/mol. The molecule has 8 heteroatoms. The zero-order valence-corrected chi connectivity index (χ0v) is 11.1. The second kappa shape index (κ2) is 6.47. The van der Waals surface area contributed by atoms with E-state index in [2.05, 4.69) is 5.32 Å². The number of likely N-dealkylation sites (N-methyl/N-ethyl adjacent to an activating group) is 1. The second-order valence-corrected chi connectivity index (χ2v) is 4.30. The van der Waals surface area contributed by atoms with Crippen molar-refractivity contribution < 1.29 is 22.7 Å². The third-order valence-corrected chi connectivity index (χ3v) is 2.36. The van der Waals surface area contributed by atoms with Gasteiger partial charge in [-0.1, -0.05) is 0 Å². The third-order valence-electron chi connectivity index (χ3n) is 2.36. The summed E-state index contributed by atoms with van der Waals surface area (Å²) >= 11 is 0. The molecule has 0 radical (unpaired) electrons. The lowest BCUT2D eigenvalue weighted by atomic mass is 10.2. The van der Waals surface area contributed by atoms with Gasteiger partial charge in [-0.3, -0.25) is 9.69 Å². The molecule has 0 saturated carbocycles. The van der Waals surface area contributed by atoms with Crippen LogP contribution in [-0.2, 0) is 4.79 Å². The molecule has 0 heterocycles. The summed E-state index contributed by atoms with van der Waals surface area (Å²) in [6, 6.07) is 4.59. The van der Waals surface area contributed by atoms with Crippen LogP contribution in [0.25, 0.3) is 0 Å². The lowest BCUT2D eigenvalue weighted by molar-refractivity contribution is -0.145. The summed E-state index contributed by atoms with van der Waals surface area (Å²) < 4.78 is 41.4. The summed E-state index contributed by atoms with van der Waals surface area (Å²) in [5.41, 5.74) is 6.36. The minimum atomic E-state index is -4.34. The number of halogens is 3. The number of nitrogens with one attached hydrogen (secondary N) is 1. The third kappa shape index (κ3) is 5.35. The number of hydrogen-bond donors (Lipinski definition) is 2. The molecule has 0 aliphatic carbocycles. The van der Waals surface area contributed by atoms with Gasteiger partial charge < -0.3 is 15.8 Å². The molecule has 0 atom stereocenters. The van der Waals surface area contributed by atoms with Crippen LogP contribution in [0.3, 0.4) is 0 Å². The highest BCUT2D eigenvalue weighted by molar-refractivity contribution is 5.94. The molecule has 0 bridgehead atoms. The van der Waals surface area contributed by atoms with Gasteiger partial charge in [0.25, 0.3) is 0 Å². The molecule has 0 saturated heterocycles. The van der Waals surface area contributed by atoms with Gasteiger partial charge in [0.2, 0.25) is 5.91 Å². The molecule has 112 valence electrons. The summed E-state index contributed by atoms with van der Waals surface area (Å²) in [5, 5.41) is 2.48. The first-order valence-corrected chi connectivity index (χ1v) is 5.70. The number of benzene rings is 1. The van der Waals surface area contributed by atoms with Crippen molar-refractivity contribution in [2.24, 2.45) is 0 Å². The summed E-state index contributed by atoms with van der Waals surface area (Å²) in [5.74, 6) is -0.225. The molecule has 0 fully saturated rings. The summed E-state index contributed by atoms with van der Waals surface area (Å²) in [4.78, 5) is 12.5. The number of alkyl halides is 3. The van der Waals surface area contributed by atoms with Gasteiger partial charge in [-0.05, 0) is 19.2 Å². The summed E-state index contributed by atoms with van der Waals surface area (Å²) in [6.45, 7) is -1.54. The van der Waals surface area contributed by atoms with Crippen molar-refractivity contribution in [3.05, 3.63) is 18.2 Å². The maximum absolute atomic E-state index is 12.1. The first-order valence-electron chi connectivity index (χ1n) is 5.70. The van der Waals surface area contributed by atoms with E-state index in [1.165, 1.54) is 26.3 Å². The largest absolute Gasteiger partial charge is 0.494 e. The standard InChI is InChI=1S/C12H16F3N3O2/c1-18(7-12(13,14)15)6-11(19)17-9-4-3-8(16)5-10(9)20-2/h3-5H,6-7,16H2,1-2H3,(H,17,19). The number of amides is 1. The van der Waals surface area contributed by atoms with Crippen LogP contribution in [0.4, 0.5) is 24.5 Å². The van der Waals surface area contributed by atoms with Gasteiger partial charge in [0.15, 0.2) is 0 Å². The topological polar surface area (TPSA) is 67.6 Å². The van der Waals surface area contributed by atoms with Gasteiger partial charge in [-0.15, -0.1) is 0 Å². The number of carbonyl (C=O) groups is 1. The highest BCUT2D eigenvalue weighted by Gasteiger charge is 2.29. The highest BCUT2D eigenvalue weighted by Crippen LogP contribution is 2.26. The Morgan fingerprint density at radius 2 is 2.10 bits per heavy atom. The van der Waals surface area contributed by atoms with E-state index in [1.807, 2.05) is 0 Å². The van der Waals surface area contributed by atoms with E-state index in [1.54, 1.807) is 6.07 Å². The average Bonchev–Trinajstić information content (AvgIpc) is 2.28.